The summed E-state index contributed by atoms with van der Waals surface area (Å²) in [6.45, 7) is 3.12. The lowest BCUT2D eigenvalue weighted by atomic mass is 10.0. The van der Waals surface area contributed by atoms with E-state index in [1.165, 1.54) is 6.92 Å². The van der Waals surface area contributed by atoms with Gasteiger partial charge >= 0.3 is 0 Å². The van der Waals surface area contributed by atoms with Crippen LogP contribution in [0.1, 0.15) is 38.8 Å². The van der Waals surface area contributed by atoms with E-state index in [9.17, 15) is 19.2 Å². The summed E-state index contributed by atoms with van der Waals surface area (Å²) in [5.74, 6) is -1.29. The molecule has 3 aromatic carbocycles. The van der Waals surface area contributed by atoms with Crippen LogP contribution in [-0.4, -0.2) is 36.2 Å². The number of carbonyl (C=O) groups excluding carboxylic acids is 4. The van der Waals surface area contributed by atoms with Gasteiger partial charge in [0.2, 0.25) is 0 Å². The first-order valence-corrected chi connectivity index (χ1v) is 10.6. The van der Waals surface area contributed by atoms with Gasteiger partial charge in [0, 0.05) is 16.7 Å². The van der Waals surface area contributed by atoms with Crippen molar-refractivity contribution in [2.75, 3.05) is 6.54 Å². The number of hydrazine groups is 1. The molecule has 8 heteroatoms. The van der Waals surface area contributed by atoms with Crippen molar-refractivity contribution in [3.05, 3.63) is 101 Å². The largest absolute Gasteiger partial charge is 0.481 e. The van der Waals surface area contributed by atoms with E-state index in [2.05, 4.69) is 16.2 Å². The Bertz CT molecular complexity index is 1160. The second-order valence-corrected chi connectivity index (χ2v) is 7.57. The highest BCUT2D eigenvalue weighted by atomic mass is 16.5. The lowest BCUT2D eigenvalue weighted by molar-refractivity contribution is -0.132. The number of amides is 3. The van der Waals surface area contributed by atoms with E-state index >= 15 is 0 Å². The monoisotopic (exact) mass is 459 g/mol. The number of hydrogen-bond donors (Lipinski definition) is 3. The number of nitrogens with one attached hydrogen (secondary N) is 3. The normalized spacial score (nSPS) is 11.1. The van der Waals surface area contributed by atoms with Gasteiger partial charge in [0.05, 0.1) is 6.54 Å². The van der Waals surface area contributed by atoms with Crippen molar-refractivity contribution in [2.45, 2.75) is 20.0 Å². The summed E-state index contributed by atoms with van der Waals surface area (Å²) in [7, 11) is 0. The van der Waals surface area contributed by atoms with E-state index in [4.69, 9.17) is 4.74 Å². The van der Waals surface area contributed by atoms with E-state index in [1.807, 2.05) is 13.0 Å². The van der Waals surface area contributed by atoms with Gasteiger partial charge in [0.1, 0.15) is 5.75 Å². The zero-order chi connectivity index (χ0) is 24.5. The Morgan fingerprint density at radius 1 is 0.765 bits per heavy atom. The molecule has 3 amide bonds. The molecule has 0 saturated carbocycles. The molecule has 0 unspecified atom stereocenters. The average Bonchev–Trinajstić information content (AvgIpc) is 2.86. The first-order chi connectivity index (χ1) is 16.3. The standard InChI is InChI=1S/C26H25N3O5/c1-17-8-10-21(11-9-17)26(33)27-16-23(30)28-29-25(32)18(2)34-22-14-12-20(13-15-22)24(31)19-6-4-3-5-7-19/h3-15,18H,16H2,1-2H3,(H,27,33)(H,28,30)(H,29,32)/t18-/m0/s1. The molecule has 0 aliphatic rings. The van der Waals surface area contributed by atoms with Crippen LogP contribution in [0.4, 0.5) is 0 Å². The van der Waals surface area contributed by atoms with Gasteiger partial charge in [-0.15, -0.1) is 0 Å². The summed E-state index contributed by atoms with van der Waals surface area (Å²) in [6, 6.07) is 22.2. The Kier molecular flexibility index (Phi) is 8.12. The smallest absolute Gasteiger partial charge is 0.279 e. The third kappa shape index (κ3) is 6.77. The Morgan fingerprint density at radius 2 is 1.35 bits per heavy atom. The van der Waals surface area contributed by atoms with Crippen molar-refractivity contribution >= 4 is 23.5 Å². The van der Waals surface area contributed by atoms with Crippen LogP contribution < -0.4 is 20.9 Å². The number of carbonyl (C=O) groups is 4. The van der Waals surface area contributed by atoms with E-state index in [0.717, 1.165) is 5.56 Å². The molecule has 0 aliphatic heterocycles. The zero-order valence-electron chi connectivity index (χ0n) is 18.8. The van der Waals surface area contributed by atoms with Crippen molar-refractivity contribution in [2.24, 2.45) is 0 Å². The number of aryl methyl sites for hydroxylation is 1. The van der Waals surface area contributed by atoms with Crippen molar-refractivity contribution in [3.8, 4) is 5.75 Å². The topological polar surface area (TPSA) is 114 Å². The summed E-state index contributed by atoms with van der Waals surface area (Å²) >= 11 is 0. The molecule has 1 atom stereocenters. The van der Waals surface area contributed by atoms with Gasteiger partial charge in [-0.05, 0) is 50.2 Å². The van der Waals surface area contributed by atoms with Gasteiger partial charge in [-0.3, -0.25) is 30.0 Å². The molecular weight excluding hydrogens is 434 g/mol. The maximum absolute atomic E-state index is 12.5. The number of rotatable bonds is 8. The maximum atomic E-state index is 12.5. The fourth-order valence-corrected chi connectivity index (χ4v) is 2.94. The number of hydrogen-bond acceptors (Lipinski definition) is 5. The Hall–Kier alpha value is -4.46. The molecule has 3 aromatic rings. The summed E-state index contributed by atoms with van der Waals surface area (Å²) in [4.78, 5) is 48.6. The van der Waals surface area contributed by atoms with Crippen LogP contribution in [-0.2, 0) is 9.59 Å². The molecule has 0 spiro atoms. The third-order valence-corrected chi connectivity index (χ3v) is 4.88. The molecule has 0 aromatic heterocycles. The van der Waals surface area contributed by atoms with Crippen LogP contribution in [0.2, 0.25) is 0 Å². The minimum absolute atomic E-state index is 0.116. The summed E-state index contributed by atoms with van der Waals surface area (Å²) in [5.41, 5.74) is 7.01. The molecule has 34 heavy (non-hydrogen) atoms. The summed E-state index contributed by atoms with van der Waals surface area (Å²) in [5, 5.41) is 2.48. The number of ether oxygens (including phenoxy) is 1. The van der Waals surface area contributed by atoms with Gasteiger partial charge in [0.25, 0.3) is 17.7 Å². The quantitative estimate of drug-likeness (QED) is 0.354. The highest BCUT2D eigenvalue weighted by molar-refractivity contribution is 6.09. The Morgan fingerprint density at radius 3 is 2.00 bits per heavy atom. The molecule has 174 valence electrons. The van der Waals surface area contributed by atoms with Gasteiger partial charge in [0.15, 0.2) is 11.9 Å². The Labute approximate surface area is 197 Å². The van der Waals surface area contributed by atoms with E-state index in [-0.39, 0.29) is 12.3 Å². The summed E-state index contributed by atoms with van der Waals surface area (Å²) < 4.78 is 5.57. The predicted octanol–water partition coefficient (Wildman–Crippen LogP) is 2.57. The minimum Gasteiger partial charge on any atom is -0.481 e. The highest BCUT2D eigenvalue weighted by Gasteiger charge is 2.16. The third-order valence-electron chi connectivity index (χ3n) is 4.88. The van der Waals surface area contributed by atoms with Crippen LogP contribution in [0, 0.1) is 6.92 Å². The lowest BCUT2D eigenvalue weighted by Gasteiger charge is -2.15. The molecule has 0 saturated heterocycles. The van der Waals surface area contributed by atoms with Gasteiger partial charge in [-0.2, -0.15) is 0 Å². The first-order valence-electron chi connectivity index (χ1n) is 10.6. The molecule has 3 rings (SSSR count). The van der Waals surface area contributed by atoms with Crippen molar-refractivity contribution in [3.63, 3.8) is 0 Å². The second-order valence-electron chi connectivity index (χ2n) is 7.57. The van der Waals surface area contributed by atoms with E-state index < -0.39 is 23.8 Å². The maximum Gasteiger partial charge on any atom is 0.279 e. The van der Waals surface area contributed by atoms with Crippen LogP contribution in [0.3, 0.4) is 0 Å². The molecule has 0 radical (unpaired) electrons. The SMILES string of the molecule is Cc1ccc(C(=O)NCC(=O)NNC(=O)[C@H](C)Oc2ccc(C(=O)c3ccccc3)cc2)cc1. The van der Waals surface area contributed by atoms with Crippen molar-refractivity contribution < 1.29 is 23.9 Å². The highest BCUT2D eigenvalue weighted by Crippen LogP contribution is 2.16. The van der Waals surface area contributed by atoms with Crippen molar-refractivity contribution in [1.82, 2.24) is 16.2 Å². The molecule has 3 N–H and O–H groups in total. The lowest BCUT2D eigenvalue weighted by Crippen LogP contribution is -2.50. The minimum atomic E-state index is -0.918. The van der Waals surface area contributed by atoms with Crippen molar-refractivity contribution in [1.29, 1.82) is 0 Å². The fourth-order valence-electron chi connectivity index (χ4n) is 2.94. The molecule has 0 bridgehead atoms. The van der Waals surface area contributed by atoms with Crippen LogP contribution >= 0.6 is 0 Å². The average molecular weight is 460 g/mol. The number of ketones is 1. The molecule has 0 fully saturated rings. The van der Waals surface area contributed by atoms with Gasteiger partial charge in [-0.25, -0.2) is 0 Å². The van der Waals surface area contributed by atoms with E-state index in [1.54, 1.807) is 72.8 Å². The second kappa shape index (κ2) is 11.4. The van der Waals surface area contributed by atoms with E-state index in [0.29, 0.717) is 22.4 Å². The predicted molar refractivity (Wildman–Crippen MR) is 126 cm³/mol. The fraction of sp³-hybridized carbons (Fsp3) is 0.154. The van der Waals surface area contributed by atoms with Crippen LogP contribution in [0.5, 0.6) is 5.75 Å². The number of benzene rings is 3. The van der Waals surface area contributed by atoms with Gasteiger partial charge < -0.3 is 10.1 Å². The summed E-state index contributed by atoms with van der Waals surface area (Å²) in [6.07, 6.45) is -0.918. The van der Waals surface area contributed by atoms with Crippen LogP contribution in [0.25, 0.3) is 0 Å². The zero-order valence-corrected chi connectivity index (χ0v) is 18.8. The first kappa shape index (κ1) is 24.2. The molecule has 0 heterocycles. The molecular formula is C26H25N3O5. The van der Waals surface area contributed by atoms with Gasteiger partial charge in [-0.1, -0.05) is 48.0 Å². The molecule has 8 nitrogen and oxygen atoms in total. The Balaban J connectivity index is 1.42. The van der Waals surface area contributed by atoms with Crippen LogP contribution in [0.15, 0.2) is 78.9 Å². The molecule has 0 aliphatic carbocycles.